The Kier molecular flexibility index (Phi) is 2.95. The molecule has 0 aromatic carbocycles. The first-order valence-electron chi connectivity index (χ1n) is 5.35. The van der Waals surface area contributed by atoms with Crippen molar-refractivity contribution in [2.45, 2.75) is 13.8 Å². The third-order valence-electron chi connectivity index (χ3n) is 2.44. The van der Waals surface area contributed by atoms with Gasteiger partial charge in [0.2, 0.25) is 0 Å². The first-order valence-corrected chi connectivity index (χ1v) is 5.35. The van der Waals surface area contributed by atoms with E-state index >= 15 is 0 Å². The van der Waals surface area contributed by atoms with Crippen molar-refractivity contribution in [2.24, 2.45) is 7.05 Å². The largest absolute Gasteiger partial charge is 0.462 e. The van der Waals surface area contributed by atoms with E-state index in [2.05, 4.69) is 5.10 Å². The van der Waals surface area contributed by atoms with Crippen LogP contribution in [0.1, 0.15) is 27.6 Å². The average molecular weight is 230 g/mol. The summed E-state index contributed by atoms with van der Waals surface area (Å²) in [5.41, 5.74) is 1.35. The van der Waals surface area contributed by atoms with E-state index in [0.717, 1.165) is 11.5 Å². The molecule has 2 aromatic heterocycles. The van der Waals surface area contributed by atoms with Crippen molar-refractivity contribution in [1.29, 1.82) is 0 Å². The summed E-state index contributed by atoms with van der Waals surface area (Å²) in [6.07, 6.45) is 4.89. The highest BCUT2D eigenvalue weighted by atomic mass is 16.3. The van der Waals surface area contributed by atoms with Crippen LogP contribution in [-0.2, 0) is 7.05 Å². The Bertz CT molecular complexity index is 576. The summed E-state index contributed by atoms with van der Waals surface area (Å²) in [6.45, 7) is 3.68. The summed E-state index contributed by atoms with van der Waals surface area (Å²) in [4.78, 5) is 11.9. The summed E-state index contributed by atoms with van der Waals surface area (Å²) in [7, 11) is 1.80. The molecule has 4 nitrogen and oxygen atoms in total. The summed E-state index contributed by atoms with van der Waals surface area (Å²) < 4.78 is 6.98. The van der Waals surface area contributed by atoms with Crippen molar-refractivity contribution in [3.05, 3.63) is 47.2 Å². The molecule has 0 unspecified atom stereocenters. The van der Waals surface area contributed by atoms with E-state index in [-0.39, 0.29) is 5.78 Å². The number of hydrogen-bond donors (Lipinski definition) is 0. The number of allylic oxidation sites excluding steroid dienone is 1. The van der Waals surface area contributed by atoms with Gasteiger partial charge < -0.3 is 4.42 Å². The highest BCUT2D eigenvalue weighted by Gasteiger charge is 2.09. The van der Waals surface area contributed by atoms with Crippen LogP contribution in [0.2, 0.25) is 0 Å². The second kappa shape index (κ2) is 4.41. The van der Waals surface area contributed by atoms with Crippen molar-refractivity contribution in [2.75, 3.05) is 0 Å². The lowest BCUT2D eigenvalue weighted by molar-refractivity contribution is 0.104. The molecule has 0 bridgehead atoms. The zero-order valence-corrected chi connectivity index (χ0v) is 10.1. The number of carbonyl (C=O) groups is 1. The van der Waals surface area contributed by atoms with E-state index in [4.69, 9.17) is 4.42 Å². The minimum Gasteiger partial charge on any atom is -0.462 e. The van der Waals surface area contributed by atoms with Crippen LogP contribution in [0.3, 0.4) is 0 Å². The Balaban J connectivity index is 2.17. The van der Waals surface area contributed by atoms with E-state index in [1.165, 1.54) is 6.08 Å². The van der Waals surface area contributed by atoms with Crippen LogP contribution >= 0.6 is 0 Å². The molecule has 2 aromatic rings. The molecule has 0 aliphatic rings. The molecular formula is C13H14N2O2. The van der Waals surface area contributed by atoms with Gasteiger partial charge in [-0.05, 0) is 38.1 Å². The van der Waals surface area contributed by atoms with Crippen LogP contribution in [0.5, 0.6) is 0 Å². The van der Waals surface area contributed by atoms with Gasteiger partial charge in [0, 0.05) is 13.2 Å². The molecule has 0 saturated carbocycles. The summed E-state index contributed by atoms with van der Waals surface area (Å²) in [5, 5.41) is 4.13. The number of rotatable bonds is 3. The number of carbonyl (C=O) groups excluding carboxylic acids is 1. The van der Waals surface area contributed by atoms with Gasteiger partial charge in [0.1, 0.15) is 11.5 Å². The second-order valence-corrected chi connectivity index (χ2v) is 3.95. The van der Waals surface area contributed by atoms with E-state index in [1.54, 1.807) is 24.0 Å². The lowest BCUT2D eigenvalue weighted by Gasteiger charge is -1.90. The Morgan fingerprint density at radius 2 is 2.18 bits per heavy atom. The number of furan rings is 1. The van der Waals surface area contributed by atoms with Crippen LogP contribution in [0.4, 0.5) is 0 Å². The third-order valence-corrected chi connectivity index (χ3v) is 2.44. The fraction of sp³-hybridized carbons (Fsp3) is 0.231. The molecule has 0 amide bonds. The topological polar surface area (TPSA) is 48.0 Å². The highest BCUT2D eigenvalue weighted by molar-refractivity contribution is 6.07. The number of aryl methyl sites for hydroxylation is 3. The molecule has 0 aliphatic carbocycles. The van der Waals surface area contributed by atoms with Gasteiger partial charge in [0.15, 0.2) is 5.78 Å². The number of hydrogen-bond acceptors (Lipinski definition) is 3. The van der Waals surface area contributed by atoms with Gasteiger partial charge in [-0.25, -0.2) is 0 Å². The van der Waals surface area contributed by atoms with Gasteiger partial charge in [-0.15, -0.1) is 0 Å². The molecule has 0 fully saturated rings. The number of ketones is 1. The van der Waals surface area contributed by atoms with Crippen molar-refractivity contribution in [3.8, 4) is 0 Å². The van der Waals surface area contributed by atoms with Crippen LogP contribution in [-0.4, -0.2) is 15.6 Å². The Morgan fingerprint density at radius 1 is 1.41 bits per heavy atom. The van der Waals surface area contributed by atoms with Gasteiger partial charge in [0.05, 0.1) is 11.3 Å². The summed E-state index contributed by atoms with van der Waals surface area (Å²) in [6, 6.07) is 3.69. The molecule has 0 radical (unpaired) electrons. The fourth-order valence-corrected chi connectivity index (χ4v) is 1.63. The van der Waals surface area contributed by atoms with Crippen LogP contribution in [0.25, 0.3) is 6.08 Å². The monoisotopic (exact) mass is 230 g/mol. The quantitative estimate of drug-likeness (QED) is 0.601. The Hall–Kier alpha value is -2.10. The third kappa shape index (κ3) is 2.53. The predicted octanol–water partition coefficient (Wildman–Crippen LogP) is 2.53. The average Bonchev–Trinajstić information content (AvgIpc) is 2.81. The molecule has 0 aliphatic heterocycles. The maximum Gasteiger partial charge on any atom is 0.189 e. The van der Waals surface area contributed by atoms with Crippen LogP contribution < -0.4 is 0 Å². The van der Waals surface area contributed by atoms with E-state index in [0.29, 0.717) is 11.3 Å². The molecular weight excluding hydrogens is 216 g/mol. The summed E-state index contributed by atoms with van der Waals surface area (Å²) in [5.74, 6) is 1.44. The molecule has 0 N–H and O–H groups in total. The van der Waals surface area contributed by atoms with Crippen molar-refractivity contribution in [3.63, 3.8) is 0 Å². The van der Waals surface area contributed by atoms with Crippen molar-refractivity contribution >= 4 is 11.9 Å². The SMILES string of the molecule is Cc1ccc(/C=C/C(=O)c2cn(C)nc2C)o1. The lowest BCUT2D eigenvalue weighted by atomic mass is 10.1. The number of aromatic nitrogens is 2. The minimum atomic E-state index is -0.0651. The molecule has 88 valence electrons. The van der Waals surface area contributed by atoms with Crippen molar-refractivity contribution < 1.29 is 9.21 Å². The normalized spacial score (nSPS) is 11.2. The summed E-state index contributed by atoms with van der Waals surface area (Å²) >= 11 is 0. The highest BCUT2D eigenvalue weighted by Crippen LogP contribution is 2.11. The molecule has 4 heteroatoms. The first-order chi connectivity index (χ1) is 8.06. The zero-order chi connectivity index (χ0) is 12.4. The smallest absolute Gasteiger partial charge is 0.189 e. The van der Waals surface area contributed by atoms with Gasteiger partial charge in [0.25, 0.3) is 0 Å². The predicted molar refractivity (Wildman–Crippen MR) is 64.8 cm³/mol. The Labute approximate surface area is 99.6 Å². The molecule has 2 rings (SSSR count). The van der Waals surface area contributed by atoms with Gasteiger partial charge >= 0.3 is 0 Å². The van der Waals surface area contributed by atoms with Gasteiger partial charge in [-0.1, -0.05) is 0 Å². The van der Waals surface area contributed by atoms with Gasteiger partial charge in [-0.3, -0.25) is 9.48 Å². The maximum absolute atomic E-state index is 11.9. The van der Waals surface area contributed by atoms with E-state index in [1.807, 2.05) is 26.0 Å². The standard InChI is InChI=1S/C13H14N2O2/c1-9-4-5-11(17-9)6-7-13(16)12-8-15(3)14-10(12)2/h4-8H,1-3H3/b7-6+. The van der Waals surface area contributed by atoms with Crippen molar-refractivity contribution in [1.82, 2.24) is 9.78 Å². The van der Waals surface area contributed by atoms with E-state index < -0.39 is 0 Å². The van der Waals surface area contributed by atoms with Gasteiger partial charge in [-0.2, -0.15) is 5.10 Å². The maximum atomic E-state index is 11.9. The van der Waals surface area contributed by atoms with E-state index in [9.17, 15) is 4.79 Å². The fourth-order valence-electron chi connectivity index (χ4n) is 1.63. The molecule has 0 spiro atoms. The number of nitrogens with zero attached hydrogens (tertiary/aromatic N) is 2. The lowest BCUT2D eigenvalue weighted by Crippen LogP contribution is -1.94. The molecule has 2 heterocycles. The second-order valence-electron chi connectivity index (χ2n) is 3.95. The first kappa shape index (κ1) is 11.4. The minimum absolute atomic E-state index is 0.0651. The zero-order valence-electron chi connectivity index (χ0n) is 10.1. The van der Waals surface area contributed by atoms with Crippen LogP contribution in [0.15, 0.2) is 28.8 Å². The molecule has 17 heavy (non-hydrogen) atoms. The van der Waals surface area contributed by atoms with Crippen LogP contribution in [0, 0.1) is 13.8 Å². The Morgan fingerprint density at radius 3 is 2.71 bits per heavy atom. The molecule has 0 atom stereocenters. The molecule has 0 saturated heterocycles.